The lowest BCUT2D eigenvalue weighted by Crippen LogP contribution is -2.44. The van der Waals surface area contributed by atoms with E-state index in [-0.39, 0.29) is 6.07 Å². The fraction of sp³-hybridized carbons (Fsp3) is 0.471. The van der Waals surface area contributed by atoms with Crippen LogP contribution >= 0.6 is 0 Å². The van der Waals surface area contributed by atoms with Crippen LogP contribution in [0, 0.1) is 17.8 Å². The van der Waals surface area contributed by atoms with Crippen LogP contribution in [0.2, 0.25) is 0 Å². The molecular formula is C17H13F6NO3. The standard InChI is InChI=1S/C17H13F6NO3/c18-16(19,20)9-4-10(17(21,22)23)6-11(5-9)24-15(27)12-13(25)7-1-2-8(3-7)14(12)26/h4-8,12H,1-3H2,(H,24,27). The van der Waals surface area contributed by atoms with Crippen LogP contribution < -0.4 is 5.32 Å². The number of hydrogen-bond acceptors (Lipinski definition) is 3. The Labute approximate surface area is 148 Å². The van der Waals surface area contributed by atoms with Crippen molar-refractivity contribution in [2.24, 2.45) is 17.8 Å². The number of benzene rings is 1. The lowest BCUT2D eigenvalue weighted by molar-refractivity contribution is -0.146. The van der Waals surface area contributed by atoms with E-state index >= 15 is 0 Å². The second-order valence-electron chi connectivity index (χ2n) is 6.73. The highest BCUT2D eigenvalue weighted by Crippen LogP contribution is 2.41. The van der Waals surface area contributed by atoms with E-state index in [4.69, 9.17) is 0 Å². The highest BCUT2D eigenvalue weighted by molar-refractivity contribution is 6.24. The number of anilines is 1. The van der Waals surface area contributed by atoms with Gasteiger partial charge in [-0.25, -0.2) is 0 Å². The van der Waals surface area contributed by atoms with Crippen LogP contribution in [-0.2, 0) is 26.7 Å². The summed E-state index contributed by atoms with van der Waals surface area (Å²) in [7, 11) is 0. The second-order valence-corrected chi connectivity index (χ2v) is 6.73. The first-order valence-electron chi connectivity index (χ1n) is 8.05. The van der Waals surface area contributed by atoms with Gasteiger partial charge in [-0.05, 0) is 37.5 Å². The van der Waals surface area contributed by atoms with Crippen molar-refractivity contribution in [3.63, 3.8) is 0 Å². The quantitative estimate of drug-likeness (QED) is 0.613. The van der Waals surface area contributed by atoms with Crippen LogP contribution in [0.15, 0.2) is 18.2 Å². The number of halogens is 6. The first kappa shape index (κ1) is 19.4. The minimum absolute atomic E-state index is 0.0766. The summed E-state index contributed by atoms with van der Waals surface area (Å²) in [4.78, 5) is 36.8. The molecule has 3 rings (SSSR count). The van der Waals surface area contributed by atoms with Gasteiger partial charge in [0.25, 0.3) is 0 Å². The van der Waals surface area contributed by atoms with E-state index in [1.54, 1.807) is 0 Å². The lowest BCUT2D eigenvalue weighted by atomic mass is 9.78. The third kappa shape index (κ3) is 3.70. The molecule has 1 N–H and O–H groups in total. The van der Waals surface area contributed by atoms with Crippen LogP contribution in [0.1, 0.15) is 30.4 Å². The Bertz CT molecular complexity index is 760. The molecule has 0 radical (unpaired) electrons. The minimum atomic E-state index is -5.07. The average Bonchev–Trinajstić information content (AvgIpc) is 2.98. The Morgan fingerprint density at radius 2 is 1.30 bits per heavy atom. The maximum atomic E-state index is 12.9. The normalized spacial score (nSPS) is 25.6. The molecule has 2 atom stereocenters. The van der Waals surface area contributed by atoms with Crippen molar-refractivity contribution in [1.82, 2.24) is 0 Å². The SMILES string of the molecule is O=C(Nc1cc(C(F)(F)F)cc(C(F)(F)F)c1)C1C(=O)C2CCC(C2)C1=O. The summed E-state index contributed by atoms with van der Waals surface area (Å²) < 4.78 is 77.2. The van der Waals surface area contributed by atoms with Crippen molar-refractivity contribution in [1.29, 1.82) is 0 Å². The average molecular weight is 393 g/mol. The summed E-state index contributed by atoms with van der Waals surface area (Å²) in [5.41, 5.74) is -3.98. The first-order chi connectivity index (χ1) is 12.4. The Kier molecular flexibility index (Phi) is 4.55. The van der Waals surface area contributed by atoms with Crippen LogP contribution in [-0.4, -0.2) is 17.5 Å². The van der Waals surface area contributed by atoms with Crippen molar-refractivity contribution < 1.29 is 40.7 Å². The number of fused-ring (bicyclic) bond motifs is 2. The van der Waals surface area contributed by atoms with Crippen molar-refractivity contribution in [3.05, 3.63) is 29.3 Å². The first-order valence-corrected chi connectivity index (χ1v) is 8.05. The fourth-order valence-corrected chi connectivity index (χ4v) is 3.61. The van der Waals surface area contributed by atoms with Crippen LogP contribution in [0.25, 0.3) is 0 Å². The summed E-state index contributed by atoms with van der Waals surface area (Å²) in [6, 6.07) is 0.589. The third-order valence-corrected chi connectivity index (χ3v) is 4.92. The summed E-state index contributed by atoms with van der Waals surface area (Å²) in [5.74, 6) is -5.11. The minimum Gasteiger partial charge on any atom is -0.325 e. The monoisotopic (exact) mass is 393 g/mol. The number of carbonyl (C=O) groups excluding carboxylic acids is 3. The third-order valence-electron chi connectivity index (χ3n) is 4.92. The van der Waals surface area contributed by atoms with Crippen molar-refractivity contribution >= 4 is 23.2 Å². The van der Waals surface area contributed by atoms with E-state index in [0.717, 1.165) is 0 Å². The predicted octanol–water partition coefficient (Wildman–Crippen LogP) is 3.85. The van der Waals surface area contributed by atoms with Crippen LogP contribution in [0.3, 0.4) is 0 Å². The van der Waals surface area contributed by atoms with E-state index in [2.05, 4.69) is 0 Å². The van der Waals surface area contributed by atoms with Gasteiger partial charge in [0.1, 0.15) is 0 Å². The Balaban J connectivity index is 1.91. The summed E-state index contributed by atoms with van der Waals surface area (Å²) in [6.07, 6.45) is -8.92. The van der Waals surface area contributed by atoms with E-state index in [0.29, 0.717) is 31.4 Å². The molecular weight excluding hydrogens is 380 g/mol. The van der Waals surface area contributed by atoms with Crippen molar-refractivity contribution in [2.45, 2.75) is 31.6 Å². The van der Waals surface area contributed by atoms with Crippen LogP contribution in [0.4, 0.5) is 32.0 Å². The molecule has 1 amide bonds. The van der Waals surface area contributed by atoms with E-state index in [9.17, 15) is 40.7 Å². The molecule has 0 heterocycles. The molecule has 1 aromatic carbocycles. The molecule has 10 heteroatoms. The zero-order valence-electron chi connectivity index (χ0n) is 13.6. The number of hydrogen-bond donors (Lipinski definition) is 1. The maximum absolute atomic E-state index is 12.9. The van der Waals surface area contributed by atoms with Crippen molar-refractivity contribution in [3.8, 4) is 0 Å². The Morgan fingerprint density at radius 3 is 1.70 bits per heavy atom. The zero-order chi connectivity index (χ0) is 20.1. The molecule has 2 aliphatic carbocycles. The molecule has 0 aromatic heterocycles. The molecule has 1 aromatic rings. The van der Waals surface area contributed by atoms with Gasteiger partial charge >= 0.3 is 12.4 Å². The van der Waals surface area contributed by atoms with Gasteiger partial charge in [-0.2, -0.15) is 26.3 Å². The second kappa shape index (κ2) is 6.35. The van der Waals surface area contributed by atoms with Gasteiger partial charge in [-0.1, -0.05) is 0 Å². The molecule has 2 unspecified atom stereocenters. The molecule has 2 fully saturated rings. The van der Waals surface area contributed by atoms with Crippen molar-refractivity contribution in [2.75, 3.05) is 5.32 Å². The Morgan fingerprint density at radius 1 is 0.852 bits per heavy atom. The van der Waals surface area contributed by atoms with Gasteiger partial charge < -0.3 is 5.32 Å². The molecule has 2 saturated carbocycles. The highest BCUT2D eigenvalue weighted by atomic mass is 19.4. The predicted molar refractivity (Wildman–Crippen MR) is 79.4 cm³/mol. The number of carbonyl (C=O) groups is 3. The van der Waals surface area contributed by atoms with E-state index < -0.39 is 64.4 Å². The van der Waals surface area contributed by atoms with Gasteiger partial charge in [0, 0.05) is 17.5 Å². The number of rotatable bonds is 2. The van der Waals surface area contributed by atoms with Gasteiger partial charge in [-0.3, -0.25) is 14.4 Å². The molecule has 0 saturated heterocycles. The summed E-state index contributed by atoms with van der Waals surface area (Å²) in [6.45, 7) is 0. The van der Waals surface area contributed by atoms with Gasteiger partial charge in [0.05, 0.1) is 11.1 Å². The van der Waals surface area contributed by atoms with Gasteiger partial charge in [0.15, 0.2) is 17.5 Å². The maximum Gasteiger partial charge on any atom is 0.416 e. The van der Waals surface area contributed by atoms with Gasteiger partial charge in [0.2, 0.25) is 5.91 Å². The molecule has 2 bridgehead atoms. The topological polar surface area (TPSA) is 63.2 Å². The molecule has 4 nitrogen and oxygen atoms in total. The lowest BCUT2D eigenvalue weighted by Gasteiger charge is -2.24. The molecule has 0 aliphatic heterocycles. The van der Waals surface area contributed by atoms with Crippen LogP contribution in [0.5, 0.6) is 0 Å². The molecule has 27 heavy (non-hydrogen) atoms. The number of ketones is 2. The zero-order valence-corrected chi connectivity index (χ0v) is 13.6. The summed E-state index contributed by atoms with van der Waals surface area (Å²) >= 11 is 0. The Hall–Kier alpha value is -2.39. The largest absolute Gasteiger partial charge is 0.416 e. The van der Waals surface area contributed by atoms with Gasteiger partial charge in [-0.15, -0.1) is 0 Å². The molecule has 2 aliphatic rings. The molecule has 0 spiro atoms. The number of amides is 1. The van der Waals surface area contributed by atoms with E-state index in [1.165, 1.54) is 0 Å². The summed E-state index contributed by atoms with van der Waals surface area (Å²) in [5, 5.41) is 1.89. The number of nitrogens with one attached hydrogen (secondary N) is 1. The molecule has 146 valence electrons. The number of alkyl halides is 6. The van der Waals surface area contributed by atoms with E-state index in [1.807, 2.05) is 5.32 Å². The number of Topliss-reactive ketones (excluding diaryl/α,β-unsaturated/α-hetero) is 2. The smallest absolute Gasteiger partial charge is 0.325 e. The highest BCUT2D eigenvalue weighted by Gasteiger charge is 2.50. The fourth-order valence-electron chi connectivity index (χ4n) is 3.61.